The van der Waals surface area contributed by atoms with Gasteiger partial charge in [0.15, 0.2) is 0 Å². The van der Waals surface area contributed by atoms with Crippen molar-refractivity contribution in [2.75, 3.05) is 13.1 Å². The van der Waals surface area contributed by atoms with Crippen LogP contribution in [-0.2, 0) is 6.54 Å². The topological polar surface area (TPSA) is 42.2 Å². The van der Waals surface area contributed by atoms with E-state index in [1.165, 1.54) is 17.0 Å². The number of aryl methyl sites for hydroxylation is 1. The molecule has 6 heteroatoms. The molecular weight excluding hydrogens is 337 g/mol. The standard InChI is InChI=1S/C19H20FN3OS/c1-13-4-9-17(25-13)19-22-21-18(24-19)15-3-2-10-23(12-15)11-14-5-7-16(20)8-6-14/h4-9,15H,2-3,10-12H2,1H3/t15-/m1/s1. The van der Waals surface area contributed by atoms with Crippen molar-refractivity contribution in [1.82, 2.24) is 15.1 Å². The third-order valence-electron chi connectivity index (χ3n) is 4.57. The summed E-state index contributed by atoms with van der Waals surface area (Å²) in [6, 6.07) is 10.8. The molecule has 0 aliphatic carbocycles. The van der Waals surface area contributed by atoms with Gasteiger partial charge in [0.2, 0.25) is 5.89 Å². The molecule has 0 amide bonds. The van der Waals surface area contributed by atoms with Crippen LogP contribution in [0.2, 0.25) is 0 Å². The zero-order valence-corrected chi connectivity index (χ0v) is 14.9. The summed E-state index contributed by atoms with van der Waals surface area (Å²) in [4.78, 5) is 4.63. The molecule has 1 atom stereocenters. The molecule has 25 heavy (non-hydrogen) atoms. The number of rotatable bonds is 4. The first-order valence-electron chi connectivity index (χ1n) is 8.54. The maximum atomic E-state index is 13.1. The van der Waals surface area contributed by atoms with Crippen molar-refractivity contribution in [3.63, 3.8) is 0 Å². The number of piperidine rings is 1. The Morgan fingerprint density at radius 1 is 1.20 bits per heavy atom. The van der Waals surface area contributed by atoms with E-state index in [1.807, 2.05) is 18.2 Å². The first-order valence-corrected chi connectivity index (χ1v) is 9.36. The maximum absolute atomic E-state index is 13.1. The van der Waals surface area contributed by atoms with Crippen LogP contribution in [0, 0.1) is 12.7 Å². The number of benzene rings is 1. The number of hydrogen-bond acceptors (Lipinski definition) is 5. The molecule has 4 rings (SSSR count). The van der Waals surface area contributed by atoms with Gasteiger partial charge >= 0.3 is 0 Å². The van der Waals surface area contributed by atoms with E-state index in [0.29, 0.717) is 5.89 Å². The largest absolute Gasteiger partial charge is 0.420 e. The quantitative estimate of drug-likeness (QED) is 0.683. The summed E-state index contributed by atoms with van der Waals surface area (Å²) in [5.41, 5.74) is 1.13. The van der Waals surface area contributed by atoms with E-state index in [0.717, 1.165) is 48.8 Å². The van der Waals surface area contributed by atoms with E-state index in [4.69, 9.17) is 4.42 Å². The van der Waals surface area contributed by atoms with Gasteiger partial charge in [-0.1, -0.05) is 12.1 Å². The molecule has 3 heterocycles. The third-order valence-corrected chi connectivity index (χ3v) is 5.55. The Bertz CT molecular complexity index is 842. The van der Waals surface area contributed by atoms with Crippen LogP contribution in [0.15, 0.2) is 40.8 Å². The average molecular weight is 357 g/mol. The van der Waals surface area contributed by atoms with Crippen LogP contribution < -0.4 is 0 Å². The SMILES string of the molecule is Cc1ccc(-c2nnc([C@@H]3CCCN(Cc4ccc(F)cc4)C3)o2)s1. The predicted octanol–water partition coefficient (Wildman–Crippen LogP) is 4.63. The summed E-state index contributed by atoms with van der Waals surface area (Å²) in [7, 11) is 0. The molecule has 0 saturated carbocycles. The number of aromatic nitrogens is 2. The van der Waals surface area contributed by atoms with Crippen molar-refractivity contribution in [2.45, 2.75) is 32.2 Å². The van der Waals surface area contributed by atoms with Crippen LogP contribution in [0.5, 0.6) is 0 Å². The molecule has 1 aliphatic rings. The summed E-state index contributed by atoms with van der Waals surface area (Å²) in [5.74, 6) is 1.41. The number of thiophene rings is 1. The van der Waals surface area contributed by atoms with Gasteiger partial charge in [-0.2, -0.15) is 0 Å². The number of nitrogens with zero attached hydrogens (tertiary/aromatic N) is 3. The molecule has 3 aromatic rings. The molecule has 1 aliphatic heterocycles. The number of halogens is 1. The maximum Gasteiger partial charge on any atom is 0.257 e. The van der Waals surface area contributed by atoms with Crippen LogP contribution in [-0.4, -0.2) is 28.2 Å². The summed E-state index contributed by atoms with van der Waals surface area (Å²) >= 11 is 1.67. The fourth-order valence-electron chi connectivity index (χ4n) is 3.30. The van der Waals surface area contributed by atoms with Gasteiger partial charge in [0, 0.05) is 18.0 Å². The van der Waals surface area contributed by atoms with Crippen molar-refractivity contribution < 1.29 is 8.81 Å². The van der Waals surface area contributed by atoms with Crippen LogP contribution in [0.25, 0.3) is 10.8 Å². The van der Waals surface area contributed by atoms with Crippen molar-refractivity contribution >= 4 is 11.3 Å². The lowest BCUT2D eigenvalue weighted by Crippen LogP contribution is -2.34. The highest BCUT2D eigenvalue weighted by atomic mass is 32.1. The van der Waals surface area contributed by atoms with Crippen LogP contribution >= 0.6 is 11.3 Å². The Morgan fingerprint density at radius 3 is 2.80 bits per heavy atom. The van der Waals surface area contributed by atoms with Crippen LogP contribution in [0.3, 0.4) is 0 Å². The average Bonchev–Trinajstić information content (AvgIpc) is 3.26. The van der Waals surface area contributed by atoms with Crippen LogP contribution in [0.4, 0.5) is 4.39 Å². The first-order chi connectivity index (χ1) is 12.2. The molecule has 2 aromatic heterocycles. The molecule has 0 spiro atoms. The molecule has 1 aromatic carbocycles. The summed E-state index contributed by atoms with van der Waals surface area (Å²) in [6.07, 6.45) is 2.16. The number of hydrogen-bond donors (Lipinski definition) is 0. The Balaban J connectivity index is 1.44. The predicted molar refractivity (Wildman–Crippen MR) is 96.0 cm³/mol. The third kappa shape index (κ3) is 3.80. The summed E-state index contributed by atoms with van der Waals surface area (Å²) in [5, 5.41) is 8.52. The van der Waals surface area contributed by atoms with Crippen LogP contribution in [0.1, 0.15) is 35.1 Å². The molecule has 0 unspecified atom stereocenters. The van der Waals surface area contributed by atoms with Crippen molar-refractivity contribution in [1.29, 1.82) is 0 Å². The van der Waals surface area contributed by atoms with Gasteiger partial charge in [0.1, 0.15) is 5.82 Å². The van der Waals surface area contributed by atoms with Gasteiger partial charge in [-0.25, -0.2) is 4.39 Å². The van der Waals surface area contributed by atoms with Gasteiger partial charge in [0.25, 0.3) is 5.89 Å². The Hall–Kier alpha value is -2.05. The lowest BCUT2D eigenvalue weighted by atomic mass is 9.97. The molecule has 4 nitrogen and oxygen atoms in total. The fourth-order valence-corrected chi connectivity index (χ4v) is 4.09. The fraction of sp³-hybridized carbons (Fsp3) is 0.368. The Kier molecular flexibility index (Phi) is 4.63. The molecule has 130 valence electrons. The van der Waals surface area contributed by atoms with Gasteiger partial charge in [-0.05, 0) is 56.1 Å². The van der Waals surface area contributed by atoms with Crippen molar-refractivity contribution in [3.05, 3.63) is 58.5 Å². The lowest BCUT2D eigenvalue weighted by molar-refractivity contribution is 0.186. The molecule has 1 saturated heterocycles. The minimum Gasteiger partial charge on any atom is -0.420 e. The highest BCUT2D eigenvalue weighted by molar-refractivity contribution is 7.15. The van der Waals surface area contributed by atoms with E-state index in [1.54, 1.807) is 11.3 Å². The van der Waals surface area contributed by atoms with E-state index in [-0.39, 0.29) is 11.7 Å². The molecule has 0 bridgehead atoms. The molecular formula is C19H20FN3OS. The van der Waals surface area contributed by atoms with Gasteiger partial charge < -0.3 is 4.42 Å². The van der Waals surface area contributed by atoms with E-state index < -0.39 is 0 Å². The van der Waals surface area contributed by atoms with E-state index >= 15 is 0 Å². The van der Waals surface area contributed by atoms with Crippen molar-refractivity contribution in [2.24, 2.45) is 0 Å². The lowest BCUT2D eigenvalue weighted by Gasteiger charge is -2.31. The second-order valence-corrected chi connectivity index (χ2v) is 7.84. The minimum atomic E-state index is -0.192. The smallest absolute Gasteiger partial charge is 0.257 e. The molecule has 0 N–H and O–H groups in total. The molecule has 0 radical (unpaired) electrons. The second kappa shape index (κ2) is 7.06. The Morgan fingerprint density at radius 2 is 2.04 bits per heavy atom. The van der Waals surface area contributed by atoms with Crippen molar-refractivity contribution in [3.8, 4) is 10.8 Å². The zero-order valence-electron chi connectivity index (χ0n) is 14.1. The monoisotopic (exact) mass is 357 g/mol. The summed E-state index contributed by atoms with van der Waals surface area (Å²) < 4.78 is 19.0. The normalized spacial score (nSPS) is 18.6. The highest BCUT2D eigenvalue weighted by Gasteiger charge is 2.26. The summed E-state index contributed by atoms with van der Waals surface area (Å²) in [6.45, 7) is 4.82. The van der Waals surface area contributed by atoms with E-state index in [2.05, 4.69) is 28.1 Å². The van der Waals surface area contributed by atoms with Gasteiger partial charge in [-0.15, -0.1) is 21.5 Å². The molecule has 1 fully saturated rings. The van der Waals surface area contributed by atoms with Gasteiger partial charge in [-0.3, -0.25) is 4.90 Å². The second-order valence-electron chi connectivity index (χ2n) is 6.56. The van der Waals surface area contributed by atoms with E-state index in [9.17, 15) is 4.39 Å². The first kappa shape index (κ1) is 16.4. The Labute approximate surface area is 150 Å². The zero-order chi connectivity index (χ0) is 17.2. The highest BCUT2D eigenvalue weighted by Crippen LogP contribution is 2.31. The van der Waals surface area contributed by atoms with Gasteiger partial charge in [0.05, 0.1) is 10.8 Å². The minimum absolute atomic E-state index is 0.192. The number of likely N-dealkylation sites (tertiary alicyclic amines) is 1.